The van der Waals surface area contributed by atoms with Crippen molar-refractivity contribution in [1.82, 2.24) is 10.2 Å². The Labute approximate surface area is 146 Å². The van der Waals surface area contributed by atoms with Crippen LogP contribution in [0.4, 0.5) is 13.2 Å². The number of rotatable bonds is 5. The Morgan fingerprint density at radius 2 is 2.20 bits per heavy atom. The number of halogens is 3. The molecule has 1 aliphatic heterocycles. The first-order chi connectivity index (χ1) is 11.8. The summed E-state index contributed by atoms with van der Waals surface area (Å²) < 4.78 is 38.5. The number of aliphatic imine (C=N–C) groups is 1. The van der Waals surface area contributed by atoms with Gasteiger partial charge in [-0.1, -0.05) is 25.1 Å². The summed E-state index contributed by atoms with van der Waals surface area (Å²) in [6.07, 6.45) is -3.26. The van der Waals surface area contributed by atoms with Crippen molar-refractivity contribution >= 4 is 5.96 Å². The number of benzene rings is 1. The zero-order valence-corrected chi connectivity index (χ0v) is 14.7. The highest BCUT2D eigenvalue weighted by atomic mass is 19.4. The SMILES string of the molecule is CCNC(=NCCC(C)c1cccc(C(F)(F)F)c1)N1CC[C@@H](O)C1. The van der Waals surface area contributed by atoms with Gasteiger partial charge in [0.2, 0.25) is 0 Å². The van der Waals surface area contributed by atoms with E-state index in [1.807, 2.05) is 18.7 Å². The smallest absolute Gasteiger partial charge is 0.391 e. The molecule has 4 nitrogen and oxygen atoms in total. The molecule has 1 unspecified atom stereocenters. The summed E-state index contributed by atoms with van der Waals surface area (Å²) in [6, 6.07) is 5.49. The van der Waals surface area contributed by atoms with Crippen molar-refractivity contribution in [2.75, 3.05) is 26.2 Å². The molecule has 2 rings (SSSR count). The predicted octanol–water partition coefficient (Wildman–Crippen LogP) is 3.23. The molecule has 140 valence electrons. The molecular weight excluding hydrogens is 331 g/mol. The molecule has 0 radical (unpaired) electrons. The van der Waals surface area contributed by atoms with E-state index in [0.29, 0.717) is 25.1 Å². The average Bonchev–Trinajstić information content (AvgIpc) is 2.99. The number of nitrogens with one attached hydrogen (secondary N) is 1. The third-order valence-corrected chi connectivity index (χ3v) is 4.40. The zero-order valence-electron chi connectivity index (χ0n) is 14.7. The van der Waals surface area contributed by atoms with Gasteiger partial charge >= 0.3 is 6.18 Å². The highest BCUT2D eigenvalue weighted by molar-refractivity contribution is 5.80. The first kappa shape index (κ1) is 19.6. The second-order valence-electron chi connectivity index (χ2n) is 6.44. The van der Waals surface area contributed by atoms with Crippen molar-refractivity contribution in [2.45, 2.75) is 44.9 Å². The fourth-order valence-electron chi connectivity index (χ4n) is 2.91. The fourth-order valence-corrected chi connectivity index (χ4v) is 2.91. The molecule has 0 aromatic heterocycles. The summed E-state index contributed by atoms with van der Waals surface area (Å²) in [7, 11) is 0. The van der Waals surface area contributed by atoms with Crippen molar-refractivity contribution in [1.29, 1.82) is 0 Å². The van der Waals surface area contributed by atoms with Gasteiger partial charge in [-0.05, 0) is 37.3 Å². The number of likely N-dealkylation sites (tertiary alicyclic amines) is 1. The van der Waals surface area contributed by atoms with Gasteiger partial charge in [0.1, 0.15) is 0 Å². The van der Waals surface area contributed by atoms with E-state index in [0.717, 1.165) is 31.5 Å². The Balaban J connectivity index is 1.97. The Hall–Kier alpha value is -1.76. The number of β-amino-alcohol motifs (C(OH)–C–C–N with tert-alkyl or cyclic N) is 1. The monoisotopic (exact) mass is 357 g/mol. The molecule has 1 fully saturated rings. The van der Waals surface area contributed by atoms with Crippen LogP contribution in [0.5, 0.6) is 0 Å². The quantitative estimate of drug-likeness (QED) is 0.628. The van der Waals surface area contributed by atoms with Gasteiger partial charge in [-0.2, -0.15) is 13.2 Å². The van der Waals surface area contributed by atoms with Gasteiger partial charge in [0.25, 0.3) is 0 Å². The lowest BCUT2D eigenvalue weighted by atomic mass is 9.96. The molecule has 0 spiro atoms. The number of nitrogens with zero attached hydrogens (tertiary/aromatic N) is 2. The Morgan fingerprint density at radius 3 is 2.80 bits per heavy atom. The molecule has 0 amide bonds. The molecule has 0 aliphatic carbocycles. The van der Waals surface area contributed by atoms with E-state index in [1.165, 1.54) is 12.1 Å². The second kappa shape index (κ2) is 8.56. The molecule has 1 heterocycles. The second-order valence-corrected chi connectivity index (χ2v) is 6.44. The standard InChI is InChI=1S/C18H26F3N3O/c1-3-22-17(24-10-8-16(25)12-24)23-9-7-13(2)14-5-4-6-15(11-14)18(19,20)21/h4-6,11,13,16,25H,3,7-10,12H2,1-2H3,(H,22,23)/t13?,16-/m1/s1. The van der Waals surface area contributed by atoms with Gasteiger partial charge in [-0.25, -0.2) is 0 Å². The number of alkyl halides is 3. The normalized spacial score (nSPS) is 20.0. The van der Waals surface area contributed by atoms with Gasteiger partial charge in [-0.3, -0.25) is 4.99 Å². The largest absolute Gasteiger partial charge is 0.416 e. The lowest BCUT2D eigenvalue weighted by Crippen LogP contribution is -2.40. The van der Waals surface area contributed by atoms with Crippen LogP contribution in [0.15, 0.2) is 29.3 Å². The maximum absolute atomic E-state index is 12.8. The molecule has 2 atom stereocenters. The fraction of sp³-hybridized carbons (Fsp3) is 0.611. The molecule has 1 aromatic carbocycles. The van der Waals surface area contributed by atoms with Gasteiger partial charge in [0.15, 0.2) is 5.96 Å². The summed E-state index contributed by atoms with van der Waals surface area (Å²) in [6.45, 7) is 6.47. The lowest BCUT2D eigenvalue weighted by Gasteiger charge is -2.21. The van der Waals surface area contributed by atoms with Crippen LogP contribution in [-0.4, -0.2) is 48.2 Å². The van der Waals surface area contributed by atoms with Crippen LogP contribution in [0.25, 0.3) is 0 Å². The molecule has 7 heteroatoms. The van der Waals surface area contributed by atoms with Crippen molar-refractivity contribution in [3.05, 3.63) is 35.4 Å². The van der Waals surface area contributed by atoms with Gasteiger partial charge < -0.3 is 15.3 Å². The highest BCUT2D eigenvalue weighted by Crippen LogP contribution is 2.31. The number of aliphatic hydroxyl groups is 1. The van der Waals surface area contributed by atoms with Crippen LogP contribution < -0.4 is 5.32 Å². The number of hydrogen-bond donors (Lipinski definition) is 2. The maximum atomic E-state index is 12.8. The first-order valence-electron chi connectivity index (χ1n) is 8.69. The van der Waals surface area contributed by atoms with E-state index in [9.17, 15) is 18.3 Å². The summed E-state index contributed by atoms with van der Waals surface area (Å²) >= 11 is 0. The van der Waals surface area contributed by atoms with Crippen LogP contribution in [0.2, 0.25) is 0 Å². The number of guanidine groups is 1. The summed E-state index contributed by atoms with van der Waals surface area (Å²) in [5, 5.41) is 12.9. The molecule has 1 aromatic rings. The van der Waals surface area contributed by atoms with E-state index < -0.39 is 11.7 Å². The van der Waals surface area contributed by atoms with Crippen LogP contribution in [0, 0.1) is 0 Å². The zero-order chi connectivity index (χ0) is 18.4. The third-order valence-electron chi connectivity index (χ3n) is 4.40. The highest BCUT2D eigenvalue weighted by Gasteiger charge is 2.30. The van der Waals surface area contributed by atoms with Gasteiger partial charge in [0, 0.05) is 26.2 Å². The van der Waals surface area contributed by atoms with E-state index >= 15 is 0 Å². The molecule has 25 heavy (non-hydrogen) atoms. The van der Waals surface area contributed by atoms with Crippen LogP contribution in [-0.2, 0) is 6.18 Å². The van der Waals surface area contributed by atoms with Crippen molar-refractivity contribution in [3.63, 3.8) is 0 Å². The molecule has 0 saturated carbocycles. The average molecular weight is 357 g/mol. The minimum atomic E-state index is -4.32. The predicted molar refractivity (Wildman–Crippen MR) is 92.7 cm³/mol. The Morgan fingerprint density at radius 1 is 1.44 bits per heavy atom. The van der Waals surface area contributed by atoms with Gasteiger partial charge in [-0.15, -0.1) is 0 Å². The molecule has 1 saturated heterocycles. The van der Waals surface area contributed by atoms with Crippen LogP contribution in [0.3, 0.4) is 0 Å². The lowest BCUT2D eigenvalue weighted by molar-refractivity contribution is -0.137. The molecule has 1 aliphatic rings. The third kappa shape index (κ3) is 5.63. The minimum Gasteiger partial charge on any atom is -0.391 e. The van der Waals surface area contributed by atoms with Crippen molar-refractivity contribution in [3.8, 4) is 0 Å². The molecular formula is C18H26F3N3O. The maximum Gasteiger partial charge on any atom is 0.416 e. The van der Waals surface area contributed by atoms with E-state index in [1.54, 1.807) is 6.07 Å². The van der Waals surface area contributed by atoms with Crippen LogP contribution >= 0.6 is 0 Å². The van der Waals surface area contributed by atoms with E-state index in [-0.39, 0.29) is 12.0 Å². The van der Waals surface area contributed by atoms with E-state index in [2.05, 4.69) is 10.3 Å². The number of hydrogen-bond acceptors (Lipinski definition) is 2. The van der Waals surface area contributed by atoms with Crippen molar-refractivity contribution < 1.29 is 18.3 Å². The summed E-state index contributed by atoms with van der Waals surface area (Å²) in [5.41, 5.74) is 0.0614. The molecule has 2 N–H and O–H groups in total. The topological polar surface area (TPSA) is 47.9 Å². The van der Waals surface area contributed by atoms with Crippen molar-refractivity contribution in [2.24, 2.45) is 4.99 Å². The summed E-state index contributed by atoms with van der Waals surface area (Å²) in [4.78, 5) is 6.58. The van der Waals surface area contributed by atoms with E-state index in [4.69, 9.17) is 0 Å². The van der Waals surface area contributed by atoms with Crippen LogP contribution in [0.1, 0.15) is 43.7 Å². The van der Waals surface area contributed by atoms with Gasteiger partial charge in [0.05, 0.1) is 11.7 Å². The Bertz CT molecular complexity index is 589. The molecule has 0 bridgehead atoms. The minimum absolute atomic E-state index is 0.0157. The Kier molecular flexibility index (Phi) is 6.70. The number of aliphatic hydroxyl groups excluding tert-OH is 1. The first-order valence-corrected chi connectivity index (χ1v) is 8.69. The summed E-state index contributed by atoms with van der Waals surface area (Å²) in [5.74, 6) is 0.744.